The lowest BCUT2D eigenvalue weighted by molar-refractivity contribution is -0.138. The molecule has 2 heterocycles. The van der Waals surface area contributed by atoms with Crippen LogP contribution in [-0.2, 0) is 37.5 Å². The highest BCUT2D eigenvalue weighted by Gasteiger charge is 2.42. The van der Waals surface area contributed by atoms with E-state index in [1.54, 1.807) is 16.9 Å². The molecule has 8 atom stereocenters. The SMILES string of the molecule is CCOC[C@@H]1CC(OP(=O)(O)OC[C@@H]2C[C@@H](OC)CN2C(=O)CCC(C)CC(=O)CC)CN1C(=O)C(C)C(C)CNC. The molecule has 2 aliphatic heterocycles. The van der Waals surface area contributed by atoms with Gasteiger partial charge in [0, 0.05) is 52.0 Å². The monoisotopic (exact) mass is 619 g/mol. The number of phosphoric ester groups is 1. The van der Waals surface area contributed by atoms with E-state index in [-0.39, 0.29) is 67.1 Å². The summed E-state index contributed by atoms with van der Waals surface area (Å²) in [6.45, 7) is 11.4. The number of ketones is 1. The molecule has 2 fully saturated rings. The number of nitrogens with zero attached hydrogens (tertiary/aromatic N) is 2. The van der Waals surface area contributed by atoms with Crippen LogP contribution in [0.3, 0.4) is 0 Å². The van der Waals surface area contributed by atoms with Gasteiger partial charge >= 0.3 is 7.82 Å². The minimum atomic E-state index is -4.50. The van der Waals surface area contributed by atoms with Gasteiger partial charge in [0.05, 0.1) is 37.5 Å². The highest BCUT2D eigenvalue weighted by atomic mass is 31.2. The molecule has 5 unspecified atom stereocenters. The number of carbonyl (C=O) groups excluding carboxylic acids is 3. The van der Waals surface area contributed by atoms with Gasteiger partial charge in [-0.25, -0.2) is 4.57 Å². The molecular weight excluding hydrogens is 565 g/mol. The number of rotatable bonds is 19. The van der Waals surface area contributed by atoms with E-state index in [1.807, 2.05) is 41.7 Å². The highest BCUT2D eigenvalue weighted by molar-refractivity contribution is 7.47. The molecule has 42 heavy (non-hydrogen) atoms. The molecule has 0 saturated carbocycles. The van der Waals surface area contributed by atoms with Crippen molar-refractivity contribution in [2.24, 2.45) is 17.8 Å². The van der Waals surface area contributed by atoms with Gasteiger partial charge in [0.15, 0.2) is 0 Å². The van der Waals surface area contributed by atoms with Gasteiger partial charge < -0.3 is 29.5 Å². The first-order valence-electron chi connectivity index (χ1n) is 15.4. The van der Waals surface area contributed by atoms with Gasteiger partial charge in [-0.1, -0.05) is 27.7 Å². The normalized spacial score (nSPS) is 26.2. The Morgan fingerprint density at radius 1 is 1.02 bits per heavy atom. The fourth-order valence-corrected chi connectivity index (χ4v) is 6.64. The van der Waals surface area contributed by atoms with E-state index in [4.69, 9.17) is 18.5 Å². The van der Waals surface area contributed by atoms with E-state index in [9.17, 15) is 23.8 Å². The van der Waals surface area contributed by atoms with Crippen molar-refractivity contribution in [3.63, 3.8) is 0 Å². The van der Waals surface area contributed by atoms with Gasteiger partial charge in [-0.05, 0) is 51.6 Å². The van der Waals surface area contributed by atoms with Crippen LogP contribution in [0.5, 0.6) is 0 Å². The summed E-state index contributed by atoms with van der Waals surface area (Å²) < 4.78 is 35.1. The number of ether oxygens (including phenoxy) is 2. The van der Waals surface area contributed by atoms with Crippen molar-refractivity contribution in [2.45, 2.75) is 97.4 Å². The minimum Gasteiger partial charge on any atom is -0.380 e. The predicted molar refractivity (Wildman–Crippen MR) is 159 cm³/mol. The smallest absolute Gasteiger partial charge is 0.380 e. The molecule has 2 N–H and O–H groups in total. The van der Waals surface area contributed by atoms with Gasteiger partial charge in [-0.2, -0.15) is 0 Å². The fourth-order valence-electron chi connectivity index (χ4n) is 5.69. The number of hydrogen-bond donors (Lipinski definition) is 2. The number of nitrogens with one attached hydrogen (secondary N) is 1. The molecule has 2 rings (SSSR count). The van der Waals surface area contributed by atoms with Gasteiger partial charge in [0.2, 0.25) is 11.8 Å². The van der Waals surface area contributed by atoms with E-state index in [0.29, 0.717) is 58.4 Å². The van der Waals surface area contributed by atoms with Crippen LogP contribution < -0.4 is 5.32 Å². The third-order valence-electron chi connectivity index (χ3n) is 8.51. The molecular formula is C29H54N3O9P. The second kappa shape index (κ2) is 17.8. The number of amides is 2. The molecule has 0 aliphatic carbocycles. The predicted octanol–water partition coefficient (Wildman–Crippen LogP) is 3.02. The number of phosphoric acid groups is 1. The van der Waals surface area contributed by atoms with Gasteiger partial charge in [0.25, 0.3) is 0 Å². The summed E-state index contributed by atoms with van der Waals surface area (Å²) in [6, 6.07) is -0.715. The zero-order chi connectivity index (χ0) is 31.4. The maximum atomic E-state index is 13.3. The Morgan fingerprint density at radius 3 is 2.29 bits per heavy atom. The van der Waals surface area contributed by atoms with Crippen LogP contribution in [0.2, 0.25) is 0 Å². The average molecular weight is 620 g/mol. The Kier molecular flexibility index (Phi) is 15.6. The first-order chi connectivity index (χ1) is 19.8. The Hall–Kier alpha value is -1.40. The number of carbonyl (C=O) groups is 3. The highest BCUT2D eigenvalue weighted by Crippen LogP contribution is 2.47. The standard InChI is InChI=1S/C29H54N3O9P/c1-8-25(33)12-20(3)10-11-28(34)31-16-26(38-7)13-24(31)19-40-42(36,37)41-27-14-23(18-39-9-2)32(17-27)29(35)22(5)21(4)15-30-6/h20-24,26-27,30H,8-19H2,1-7H3,(H,36,37)/t20?,21?,22?,23-,24-,26+,27?/m0/s1. The molecule has 12 nitrogen and oxygen atoms in total. The van der Waals surface area contributed by atoms with Crippen molar-refractivity contribution < 1.29 is 42.4 Å². The summed E-state index contributed by atoms with van der Waals surface area (Å²) in [4.78, 5) is 52.1. The van der Waals surface area contributed by atoms with Crippen LogP contribution in [0.1, 0.15) is 73.1 Å². The summed E-state index contributed by atoms with van der Waals surface area (Å²) in [7, 11) is -1.08. The van der Waals surface area contributed by atoms with Gasteiger partial charge in [-0.15, -0.1) is 0 Å². The lowest BCUT2D eigenvalue weighted by Crippen LogP contribution is -2.44. The van der Waals surface area contributed by atoms with Crippen molar-refractivity contribution in [3.05, 3.63) is 0 Å². The summed E-state index contributed by atoms with van der Waals surface area (Å²) in [5.74, 6) is 0.00311. The van der Waals surface area contributed by atoms with Crippen molar-refractivity contribution >= 4 is 25.4 Å². The zero-order valence-corrected chi connectivity index (χ0v) is 27.5. The third kappa shape index (κ3) is 11.3. The molecule has 2 amide bonds. The summed E-state index contributed by atoms with van der Waals surface area (Å²) in [6.07, 6.45) is 1.72. The van der Waals surface area contributed by atoms with Crippen molar-refractivity contribution in [2.75, 3.05) is 53.6 Å². The first-order valence-corrected chi connectivity index (χ1v) is 16.9. The fraction of sp³-hybridized carbons (Fsp3) is 0.897. The van der Waals surface area contributed by atoms with Crippen LogP contribution >= 0.6 is 7.82 Å². The summed E-state index contributed by atoms with van der Waals surface area (Å²) in [5.41, 5.74) is 0. The lowest BCUT2D eigenvalue weighted by atomic mass is 9.94. The number of hydrogen-bond acceptors (Lipinski definition) is 9. The molecule has 2 aliphatic rings. The molecule has 13 heteroatoms. The molecule has 2 saturated heterocycles. The maximum Gasteiger partial charge on any atom is 0.472 e. The lowest BCUT2D eigenvalue weighted by Gasteiger charge is -2.29. The van der Waals surface area contributed by atoms with Crippen molar-refractivity contribution in [1.29, 1.82) is 0 Å². The first kappa shape index (κ1) is 36.8. The topological polar surface area (TPSA) is 144 Å². The largest absolute Gasteiger partial charge is 0.472 e. The van der Waals surface area contributed by atoms with Crippen LogP contribution in [0, 0.1) is 17.8 Å². The number of methoxy groups -OCH3 is 1. The van der Waals surface area contributed by atoms with Crippen LogP contribution in [0.15, 0.2) is 0 Å². The van der Waals surface area contributed by atoms with E-state index < -0.39 is 20.0 Å². The number of likely N-dealkylation sites (tertiary alicyclic amines) is 2. The Labute approximate surface area is 251 Å². The molecule has 0 aromatic rings. The van der Waals surface area contributed by atoms with Crippen molar-refractivity contribution in [3.8, 4) is 0 Å². The minimum absolute atomic E-state index is 0.0404. The average Bonchev–Trinajstić information content (AvgIpc) is 3.56. The molecule has 0 radical (unpaired) electrons. The zero-order valence-electron chi connectivity index (χ0n) is 26.6. The van der Waals surface area contributed by atoms with E-state index in [0.717, 1.165) is 0 Å². The maximum absolute atomic E-state index is 13.3. The van der Waals surface area contributed by atoms with Crippen LogP contribution in [-0.4, -0.2) is 110 Å². The summed E-state index contributed by atoms with van der Waals surface area (Å²) in [5, 5.41) is 3.10. The van der Waals surface area contributed by atoms with Crippen molar-refractivity contribution in [1.82, 2.24) is 15.1 Å². The molecule has 0 aromatic carbocycles. The Bertz CT molecular complexity index is 923. The number of Topliss-reactive ketones (excluding diaryl/α,β-unsaturated/α-hetero) is 1. The van der Waals surface area contributed by atoms with Gasteiger partial charge in [-0.3, -0.25) is 23.4 Å². The summed E-state index contributed by atoms with van der Waals surface area (Å²) >= 11 is 0. The molecule has 244 valence electrons. The second-order valence-electron chi connectivity index (χ2n) is 11.9. The molecule has 0 aromatic heterocycles. The second-order valence-corrected chi connectivity index (χ2v) is 13.3. The van der Waals surface area contributed by atoms with E-state index in [2.05, 4.69) is 5.32 Å². The van der Waals surface area contributed by atoms with E-state index >= 15 is 0 Å². The van der Waals surface area contributed by atoms with Gasteiger partial charge in [0.1, 0.15) is 5.78 Å². The van der Waals surface area contributed by atoms with Crippen LogP contribution in [0.25, 0.3) is 0 Å². The quantitative estimate of drug-likeness (QED) is 0.207. The van der Waals surface area contributed by atoms with Crippen LogP contribution in [0.4, 0.5) is 0 Å². The molecule has 0 spiro atoms. The van der Waals surface area contributed by atoms with E-state index in [1.165, 1.54) is 0 Å². The Balaban J connectivity index is 1.98. The Morgan fingerprint density at radius 2 is 1.67 bits per heavy atom. The molecule has 0 bridgehead atoms. The third-order valence-corrected chi connectivity index (χ3v) is 9.55.